The van der Waals surface area contributed by atoms with Gasteiger partial charge in [0.2, 0.25) is 5.91 Å². The van der Waals surface area contributed by atoms with E-state index in [2.05, 4.69) is 10.3 Å². The van der Waals surface area contributed by atoms with Crippen LogP contribution in [-0.2, 0) is 11.3 Å². The molecule has 0 unspecified atom stereocenters. The highest BCUT2D eigenvalue weighted by molar-refractivity contribution is 5.94. The first-order valence-corrected chi connectivity index (χ1v) is 8.90. The number of halogens is 2. The smallest absolute Gasteiger partial charge is 0.330 e. The lowest BCUT2D eigenvalue weighted by molar-refractivity contribution is -0.115. The van der Waals surface area contributed by atoms with Crippen LogP contribution in [0.3, 0.4) is 0 Å². The number of aromatic amines is 1. The molecule has 0 bridgehead atoms. The van der Waals surface area contributed by atoms with Crippen molar-refractivity contribution < 1.29 is 13.6 Å². The fraction of sp³-hybridized carbons (Fsp3) is 0.389. The van der Waals surface area contributed by atoms with Gasteiger partial charge >= 0.3 is 5.69 Å². The Balaban J connectivity index is 2.27. The summed E-state index contributed by atoms with van der Waals surface area (Å²) in [6, 6.07) is 2.98. The lowest BCUT2D eigenvalue weighted by atomic mass is 10.3. The molecule has 10 heteroatoms. The summed E-state index contributed by atoms with van der Waals surface area (Å²) in [7, 11) is 0. The number of carbonyl (C=O) groups excluding carboxylic acids is 1. The van der Waals surface area contributed by atoms with Gasteiger partial charge in [-0.25, -0.2) is 13.6 Å². The average Bonchev–Trinajstić information content (AvgIpc) is 2.63. The zero-order chi connectivity index (χ0) is 20.8. The van der Waals surface area contributed by atoms with E-state index in [1.54, 1.807) is 6.92 Å². The molecule has 0 spiro atoms. The predicted octanol–water partition coefficient (Wildman–Crippen LogP) is 1.66. The molecule has 2 rings (SSSR count). The number of carbonyl (C=O) groups is 1. The van der Waals surface area contributed by atoms with Gasteiger partial charge in [0.1, 0.15) is 11.5 Å². The average molecular weight is 395 g/mol. The first-order chi connectivity index (χ1) is 13.3. The fourth-order valence-corrected chi connectivity index (χ4v) is 2.72. The summed E-state index contributed by atoms with van der Waals surface area (Å²) in [5.41, 5.74) is 4.83. The van der Waals surface area contributed by atoms with Crippen LogP contribution in [0.4, 0.5) is 26.0 Å². The molecule has 1 heterocycles. The minimum absolute atomic E-state index is 0.0126. The van der Waals surface area contributed by atoms with Gasteiger partial charge in [-0.3, -0.25) is 19.1 Å². The van der Waals surface area contributed by atoms with Crippen LogP contribution in [-0.4, -0.2) is 28.5 Å². The van der Waals surface area contributed by atoms with Gasteiger partial charge in [-0.2, -0.15) is 0 Å². The number of benzene rings is 1. The SMILES string of the molecule is CCCCn1c(N)c(N(CC)CC(=O)Nc2ccc(F)c(F)c2)c(=O)[nH]c1=O. The number of hydrogen-bond acceptors (Lipinski definition) is 5. The van der Waals surface area contributed by atoms with Crippen molar-refractivity contribution in [3.63, 3.8) is 0 Å². The molecule has 0 aliphatic heterocycles. The summed E-state index contributed by atoms with van der Waals surface area (Å²) in [5.74, 6) is -2.70. The van der Waals surface area contributed by atoms with Crippen LogP contribution in [0.15, 0.2) is 27.8 Å². The molecule has 1 aromatic carbocycles. The molecule has 1 amide bonds. The van der Waals surface area contributed by atoms with Crippen LogP contribution in [0.5, 0.6) is 0 Å². The maximum absolute atomic E-state index is 13.3. The van der Waals surface area contributed by atoms with Gasteiger partial charge in [0.05, 0.1) is 6.54 Å². The van der Waals surface area contributed by atoms with Crippen molar-refractivity contribution in [1.29, 1.82) is 0 Å². The van der Waals surface area contributed by atoms with Crippen LogP contribution in [0, 0.1) is 11.6 Å². The van der Waals surface area contributed by atoms with Crippen molar-refractivity contribution in [1.82, 2.24) is 9.55 Å². The summed E-state index contributed by atoms with van der Waals surface area (Å²) >= 11 is 0. The third kappa shape index (κ3) is 4.76. The second kappa shape index (κ2) is 9.16. The molecular weight excluding hydrogens is 372 g/mol. The van der Waals surface area contributed by atoms with Gasteiger partial charge in [0.25, 0.3) is 5.56 Å². The summed E-state index contributed by atoms with van der Waals surface area (Å²) in [6.07, 6.45) is 1.52. The Morgan fingerprint density at radius 2 is 1.96 bits per heavy atom. The third-order valence-corrected chi connectivity index (χ3v) is 4.19. The largest absolute Gasteiger partial charge is 0.383 e. The molecule has 0 aliphatic rings. The Morgan fingerprint density at radius 3 is 2.57 bits per heavy atom. The van der Waals surface area contributed by atoms with Crippen molar-refractivity contribution >= 4 is 23.1 Å². The number of aromatic nitrogens is 2. The molecular formula is C18H23F2N5O3. The lowest BCUT2D eigenvalue weighted by Gasteiger charge is -2.24. The van der Waals surface area contributed by atoms with E-state index in [1.807, 2.05) is 6.92 Å². The number of nitrogens with one attached hydrogen (secondary N) is 2. The number of hydrogen-bond donors (Lipinski definition) is 3. The summed E-state index contributed by atoms with van der Waals surface area (Å²) < 4.78 is 27.5. The third-order valence-electron chi connectivity index (χ3n) is 4.19. The fourth-order valence-electron chi connectivity index (χ4n) is 2.72. The minimum atomic E-state index is -1.09. The molecule has 0 fully saturated rings. The van der Waals surface area contributed by atoms with E-state index in [9.17, 15) is 23.2 Å². The Hall–Kier alpha value is -3.17. The Morgan fingerprint density at radius 1 is 1.25 bits per heavy atom. The minimum Gasteiger partial charge on any atom is -0.383 e. The first-order valence-electron chi connectivity index (χ1n) is 8.90. The zero-order valence-electron chi connectivity index (χ0n) is 15.7. The quantitative estimate of drug-likeness (QED) is 0.629. The highest BCUT2D eigenvalue weighted by Gasteiger charge is 2.20. The van der Waals surface area contributed by atoms with Gasteiger partial charge in [0.15, 0.2) is 11.6 Å². The number of likely N-dealkylation sites (N-methyl/N-ethyl adjacent to an activating group) is 1. The molecule has 0 aliphatic carbocycles. The first kappa shape index (κ1) is 21.1. The van der Waals surface area contributed by atoms with Gasteiger partial charge in [-0.15, -0.1) is 0 Å². The van der Waals surface area contributed by atoms with E-state index in [0.717, 1.165) is 18.6 Å². The van der Waals surface area contributed by atoms with E-state index in [4.69, 9.17) is 5.73 Å². The molecule has 8 nitrogen and oxygen atoms in total. The Kier molecular flexibility index (Phi) is 6.91. The number of nitrogens with two attached hydrogens (primary N) is 1. The van der Waals surface area contributed by atoms with Gasteiger partial charge in [0, 0.05) is 24.8 Å². The maximum Gasteiger partial charge on any atom is 0.330 e. The van der Waals surface area contributed by atoms with Crippen LogP contribution in [0.1, 0.15) is 26.7 Å². The predicted molar refractivity (Wildman–Crippen MR) is 104 cm³/mol. The number of anilines is 3. The monoisotopic (exact) mass is 395 g/mol. The summed E-state index contributed by atoms with van der Waals surface area (Å²) in [4.78, 5) is 40.2. The van der Waals surface area contributed by atoms with Crippen molar-refractivity contribution in [3.05, 3.63) is 50.7 Å². The standard InChI is InChI=1S/C18H23F2N5O3/c1-3-5-8-25-16(21)15(17(27)23-18(25)28)24(4-2)10-14(26)22-11-6-7-12(19)13(20)9-11/h6-7,9H,3-5,8,10,21H2,1-2H3,(H,22,26)(H,23,27,28). The second-order valence-corrected chi connectivity index (χ2v) is 6.19. The van der Waals surface area contributed by atoms with Crippen LogP contribution < -0.4 is 27.2 Å². The van der Waals surface area contributed by atoms with E-state index in [-0.39, 0.29) is 30.3 Å². The maximum atomic E-state index is 13.3. The highest BCUT2D eigenvalue weighted by atomic mass is 19.2. The number of nitrogens with zero attached hydrogens (tertiary/aromatic N) is 2. The number of amides is 1. The molecule has 2 aromatic rings. The molecule has 4 N–H and O–H groups in total. The van der Waals surface area contributed by atoms with Crippen molar-refractivity contribution in [2.45, 2.75) is 33.2 Å². The van der Waals surface area contributed by atoms with E-state index in [0.29, 0.717) is 13.0 Å². The topological polar surface area (TPSA) is 113 Å². The summed E-state index contributed by atoms with van der Waals surface area (Å²) in [5, 5.41) is 2.43. The highest BCUT2D eigenvalue weighted by Crippen LogP contribution is 2.17. The van der Waals surface area contributed by atoms with Gasteiger partial charge < -0.3 is 16.0 Å². The zero-order valence-corrected chi connectivity index (χ0v) is 15.7. The van der Waals surface area contributed by atoms with Crippen molar-refractivity contribution in [2.75, 3.05) is 29.0 Å². The van der Waals surface area contributed by atoms with Gasteiger partial charge in [-0.05, 0) is 25.5 Å². The lowest BCUT2D eigenvalue weighted by Crippen LogP contribution is -2.41. The summed E-state index contributed by atoms with van der Waals surface area (Å²) in [6.45, 7) is 3.99. The number of unbranched alkanes of at least 4 members (excludes halogenated alkanes) is 1. The van der Waals surface area contributed by atoms with Crippen molar-refractivity contribution in [3.8, 4) is 0 Å². The van der Waals surface area contributed by atoms with Crippen molar-refractivity contribution in [2.24, 2.45) is 0 Å². The van der Waals surface area contributed by atoms with Crippen LogP contribution in [0.2, 0.25) is 0 Å². The molecule has 0 saturated carbocycles. The molecule has 0 atom stereocenters. The number of H-pyrrole nitrogens is 1. The van der Waals surface area contributed by atoms with E-state index < -0.39 is 28.8 Å². The second-order valence-electron chi connectivity index (χ2n) is 6.19. The Bertz CT molecular complexity index is 971. The molecule has 152 valence electrons. The molecule has 1 aromatic heterocycles. The number of nitrogen functional groups attached to an aromatic ring is 1. The normalized spacial score (nSPS) is 10.7. The molecule has 28 heavy (non-hydrogen) atoms. The van der Waals surface area contributed by atoms with Gasteiger partial charge in [-0.1, -0.05) is 13.3 Å². The van der Waals surface area contributed by atoms with Crippen LogP contribution in [0.25, 0.3) is 0 Å². The van der Waals surface area contributed by atoms with E-state index in [1.165, 1.54) is 15.5 Å². The number of rotatable bonds is 8. The van der Waals surface area contributed by atoms with E-state index >= 15 is 0 Å². The molecule has 0 radical (unpaired) electrons. The van der Waals surface area contributed by atoms with Crippen LogP contribution >= 0.6 is 0 Å². The Labute approximate surface area is 160 Å². The molecule has 0 saturated heterocycles.